The second-order valence-corrected chi connectivity index (χ2v) is 4.33. The summed E-state index contributed by atoms with van der Waals surface area (Å²) < 4.78 is 0. The highest BCUT2D eigenvalue weighted by molar-refractivity contribution is 5.36. The maximum absolute atomic E-state index is 9.76. The fourth-order valence-corrected chi connectivity index (χ4v) is 2.00. The van der Waals surface area contributed by atoms with E-state index in [1.807, 2.05) is 30.3 Å². The minimum Gasteiger partial charge on any atom is -0.508 e. The van der Waals surface area contributed by atoms with Crippen molar-refractivity contribution < 1.29 is 10.2 Å². The van der Waals surface area contributed by atoms with Crippen LogP contribution in [0, 0.1) is 0 Å². The van der Waals surface area contributed by atoms with E-state index in [2.05, 4.69) is 6.92 Å². The maximum Gasteiger partial charge on any atom is 0.119 e. The monoisotopic (exact) mass is 228 g/mol. The second-order valence-electron chi connectivity index (χ2n) is 4.33. The molecule has 1 unspecified atom stereocenters. The van der Waals surface area contributed by atoms with Gasteiger partial charge in [-0.05, 0) is 41.7 Å². The van der Waals surface area contributed by atoms with Gasteiger partial charge in [0.25, 0.3) is 0 Å². The first-order valence-electron chi connectivity index (χ1n) is 5.72. The molecule has 0 radical (unpaired) electrons. The number of rotatable bonds is 3. The number of para-hydroxylation sites is 1. The van der Waals surface area contributed by atoms with E-state index in [1.165, 1.54) is 0 Å². The van der Waals surface area contributed by atoms with Gasteiger partial charge in [0, 0.05) is 0 Å². The van der Waals surface area contributed by atoms with Crippen molar-refractivity contribution >= 4 is 0 Å². The summed E-state index contributed by atoms with van der Waals surface area (Å²) in [4.78, 5) is 0. The van der Waals surface area contributed by atoms with E-state index < -0.39 is 0 Å². The topological polar surface area (TPSA) is 40.5 Å². The van der Waals surface area contributed by atoms with E-state index in [4.69, 9.17) is 0 Å². The fourth-order valence-electron chi connectivity index (χ4n) is 2.00. The van der Waals surface area contributed by atoms with Crippen molar-refractivity contribution in [3.05, 3.63) is 59.7 Å². The van der Waals surface area contributed by atoms with Crippen molar-refractivity contribution in [3.8, 4) is 11.5 Å². The fraction of sp³-hybridized carbons (Fsp3) is 0.200. The quantitative estimate of drug-likeness (QED) is 0.844. The number of hydrogen-bond acceptors (Lipinski definition) is 2. The molecule has 88 valence electrons. The van der Waals surface area contributed by atoms with Gasteiger partial charge in [0.15, 0.2) is 0 Å². The van der Waals surface area contributed by atoms with Gasteiger partial charge in [-0.3, -0.25) is 0 Å². The van der Waals surface area contributed by atoms with E-state index in [0.717, 1.165) is 17.5 Å². The molecule has 0 amide bonds. The average Bonchev–Trinajstić information content (AvgIpc) is 2.32. The van der Waals surface area contributed by atoms with Crippen LogP contribution in [0.25, 0.3) is 0 Å². The lowest BCUT2D eigenvalue weighted by molar-refractivity contribution is 0.462. The summed E-state index contributed by atoms with van der Waals surface area (Å²) >= 11 is 0. The summed E-state index contributed by atoms with van der Waals surface area (Å²) in [5.74, 6) is 0.878. The molecule has 0 bridgehead atoms. The molecule has 0 aliphatic carbocycles. The molecule has 0 saturated carbocycles. The molecule has 0 fully saturated rings. The summed E-state index contributed by atoms with van der Waals surface area (Å²) in [6.45, 7) is 2.09. The first-order valence-corrected chi connectivity index (χ1v) is 5.72. The Morgan fingerprint density at radius 1 is 0.941 bits per heavy atom. The molecule has 0 spiro atoms. The van der Waals surface area contributed by atoms with E-state index in [-0.39, 0.29) is 11.7 Å². The van der Waals surface area contributed by atoms with Crippen molar-refractivity contribution in [1.29, 1.82) is 0 Å². The summed E-state index contributed by atoms with van der Waals surface area (Å²) in [5, 5.41) is 19.0. The third kappa shape index (κ3) is 2.78. The summed E-state index contributed by atoms with van der Waals surface area (Å²) in [5.41, 5.74) is 2.11. The molecule has 2 rings (SSSR count). The Kier molecular flexibility index (Phi) is 3.33. The number of hydrogen-bond donors (Lipinski definition) is 2. The first kappa shape index (κ1) is 11.5. The van der Waals surface area contributed by atoms with Gasteiger partial charge in [0.1, 0.15) is 11.5 Å². The normalized spacial score (nSPS) is 12.3. The Labute approximate surface area is 101 Å². The number of aromatic hydroxyl groups is 2. The van der Waals surface area contributed by atoms with Crippen LogP contribution in [0.2, 0.25) is 0 Å². The number of benzene rings is 2. The maximum atomic E-state index is 9.76. The minimum absolute atomic E-state index is 0.251. The third-order valence-electron chi connectivity index (χ3n) is 2.95. The van der Waals surface area contributed by atoms with E-state index in [1.54, 1.807) is 18.2 Å². The summed E-state index contributed by atoms with van der Waals surface area (Å²) in [7, 11) is 0. The lowest BCUT2D eigenvalue weighted by Crippen LogP contribution is -1.98. The molecule has 0 saturated heterocycles. The highest BCUT2D eigenvalue weighted by Gasteiger charge is 2.10. The molecule has 0 heterocycles. The first-order chi connectivity index (χ1) is 8.16. The van der Waals surface area contributed by atoms with Gasteiger partial charge in [0.05, 0.1) is 0 Å². The van der Waals surface area contributed by atoms with Crippen LogP contribution in [0.1, 0.15) is 24.0 Å². The van der Waals surface area contributed by atoms with Gasteiger partial charge in [-0.25, -0.2) is 0 Å². The van der Waals surface area contributed by atoms with Gasteiger partial charge in [-0.15, -0.1) is 0 Å². The Hall–Kier alpha value is -1.96. The Balaban J connectivity index is 2.14. The average molecular weight is 228 g/mol. The SMILES string of the molecule is CC(Cc1ccc(O)cc1)c1ccccc1O. The number of phenolic OH excluding ortho intramolecular Hbond substituents is 2. The zero-order chi connectivity index (χ0) is 12.3. The lowest BCUT2D eigenvalue weighted by Gasteiger charge is -2.13. The molecular formula is C15H16O2. The van der Waals surface area contributed by atoms with Crippen LogP contribution in [-0.4, -0.2) is 10.2 Å². The molecule has 2 nitrogen and oxygen atoms in total. The van der Waals surface area contributed by atoms with Crippen LogP contribution in [-0.2, 0) is 6.42 Å². The third-order valence-corrected chi connectivity index (χ3v) is 2.95. The predicted octanol–water partition coefficient (Wildman–Crippen LogP) is 3.44. The van der Waals surface area contributed by atoms with Gasteiger partial charge in [-0.2, -0.15) is 0 Å². The standard InChI is InChI=1S/C15H16O2/c1-11(14-4-2-3-5-15(14)17)10-12-6-8-13(16)9-7-12/h2-9,11,16-17H,10H2,1H3. The van der Waals surface area contributed by atoms with Crippen LogP contribution >= 0.6 is 0 Å². The zero-order valence-corrected chi connectivity index (χ0v) is 9.80. The van der Waals surface area contributed by atoms with Crippen molar-refractivity contribution in [1.82, 2.24) is 0 Å². The number of phenols is 2. The van der Waals surface area contributed by atoms with Crippen LogP contribution in [0.4, 0.5) is 0 Å². The Morgan fingerprint density at radius 3 is 2.24 bits per heavy atom. The Bertz CT molecular complexity index is 489. The molecule has 2 aromatic carbocycles. The largest absolute Gasteiger partial charge is 0.508 e. The van der Waals surface area contributed by atoms with E-state index >= 15 is 0 Å². The molecule has 0 aromatic heterocycles. The van der Waals surface area contributed by atoms with Crippen molar-refractivity contribution in [2.75, 3.05) is 0 Å². The van der Waals surface area contributed by atoms with Gasteiger partial charge in [0.2, 0.25) is 0 Å². The lowest BCUT2D eigenvalue weighted by atomic mass is 9.93. The predicted molar refractivity (Wildman–Crippen MR) is 68.3 cm³/mol. The highest BCUT2D eigenvalue weighted by Crippen LogP contribution is 2.28. The smallest absolute Gasteiger partial charge is 0.119 e. The molecule has 0 aliphatic rings. The van der Waals surface area contributed by atoms with Crippen LogP contribution < -0.4 is 0 Å². The molecule has 1 atom stereocenters. The van der Waals surface area contributed by atoms with Crippen LogP contribution in [0.15, 0.2) is 48.5 Å². The van der Waals surface area contributed by atoms with Gasteiger partial charge >= 0.3 is 0 Å². The molecule has 17 heavy (non-hydrogen) atoms. The summed E-state index contributed by atoms with van der Waals surface area (Å²) in [6, 6.07) is 14.6. The highest BCUT2D eigenvalue weighted by atomic mass is 16.3. The molecule has 2 heteroatoms. The van der Waals surface area contributed by atoms with Gasteiger partial charge in [-0.1, -0.05) is 37.3 Å². The summed E-state index contributed by atoms with van der Waals surface area (Å²) in [6.07, 6.45) is 0.845. The van der Waals surface area contributed by atoms with Crippen molar-refractivity contribution in [2.45, 2.75) is 19.3 Å². The van der Waals surface area contributed by atoms with E-state index in [9.17, 15) is 10.2 Å². The Morgan fingerprint density at radius 2 is 1.59 bits per heavy atom. The molecular weight excluding hydrogens is 212 g/mol. The second kappa shape index (κ2) is 4.91. The zero-order valence-electron chi connectivity index (χ0n) is 9.80. The van der Waals surface area contributed by atoms with Crippen LogP contribution in [0.3, 0.4) is 0 Å². The molecule has 0 aliphatic heterocycles. The van der Waals surface area contributed by atoms with Crippen molar-refractivity contribution in [3.63, 3.8) is 0 Å². The molecule has 2 aromatic rings. The van der Waals surface area contributed by atoms with E-state index in [0.29, 0.717) is 5.75 Å². The van der Waals surface area contributed by atoms with Gasteiger partial charge < -0.3 is 10.2 Å². The van der Waals surface area contributed by atoms with Crippen molar-refractivity contribution in [2.24, 2.45) is 0 Å². The molecule has 2 N–H and O–H groups in total. The van der Waals surface area contributed by atoms with Crippen LogP contribution in [0.5, 0.6) is 11.5 Å². The minimum atomic E-state index is 0.251.